The monoisotopic (exact) mass is 380 g/mol. The van der Waals surface area contributed by atoms with Crippen molar-refractivity contribution in [3.8, 4) is 0 Å². The first kappa shape index (κ1) is 18.0. The molecule has 7 heteroatoms. The van der Waals surface area contributed by atoms with Gasteiger partial charge in [-0.3, -0.25) is 4.72 Å². The first-order valence-corrected chi connectivity index (χ1v) is 10.3. The Morgan fingerprint density at radius 3 is 2.20 bits per heavy atom. The minimum Gasteiger partial charge on any atom is -0.360 e. The van der Waals surface area contributed by atoms with Crippen molar-refractivity contribution < 1.29 is 13.3 Å². The van der Waals surface area contributed by atoms with Gasteiger partial charge in [0, 0.05) is 16.4 Å². The zero-order valence-corrected chi connectivity index (χ0v) is 15.8. The molecule has 1 aliphatic heterocycles. The molecule has 3 rings (SSSR count). The summed E-state index contributed by atoms with van der Waals surface area (Å²) in [7, 11) is -3.60. The largest absolute Gasteiger partial charge is 0.360 e. The van der Waals surface area contributed by atoms with Crippen molar-refractivity contribution in [2.75, 3.05) is 42.3 Å². The number of hydrogen-bond acceptors (Lipinski definition) is 3. The molecule has 1 saturated heterocycles. The number of likely N-dealkylation sites (N-methyl/N-ethyl adjacent to an activating group) is 1. The van der Waals surface area contributed by atoms with Gasteiger partial charge in [-0.1, -0.05) is 11.6 Å². The minimum atomic E-state index is -3.60. The number of anilines is 2. The average molecular weight is 381 g/mol. The lowest BCUT2D eigenvalue weighted by Gasteiger charge is -2.33. The fraction of sp³-hybridized carbons (Fsp3) is 0.333. The zero-order valence-electron chi connectivity index (χ0n) is 14.2. The molecular formula is C18H23ClN3O2S+. The molecule has 1 fully saturated rings. The van der Waals surface area contributed by atoms with Crippen LogP contribution < -0.4 is 14.5 Å². The Morgan fingerprint density at radius 2 is 1.64 bits per heavy atom. The molecule has 0 aliphatic carbocycles. The number of hydrogen-bond donors (Lipinski definition) is 2. The SMILES string of the molecule is CC[NH+]1CCN(c2ccc(NS(=O)(=O)c3ccc(Cl)cc3)cc2)CC1. The van der Waals surface area contributed by atoms with E-state index in [1.54, 1.807) is 17.0 Å². The first-order valence-electron chi connectivity index (χ1n) is 8.45. The van der Waals surface area contributed by atoms with Crippen molar-refractivity contribution in [2.45, 2.75) is 11.8 Å². The highest BCUT2D eigenvalue weighted by Gasteiger charge is 2.19. The fourth-order valence-corrected chi connectivity index (χ4v) is 4.19. The topological polar surface area (TPSA) is 53.9 Å². The predicted octanol–water partition coefficient (Wildman–Crippen LogP) is 1.87. The van der Waals surface area contributed by atoms with Gasteiger partial charge in [-0.2, -0.15) is 0 Å². The highest BCUT2D eigenvalue weighted by Crippen LogP contribution is 2.21. The van der Waals surface area contributed by atoms with E-state index in [-0.39, 0.29) is 4.90 Å². The number of nitrogens with zero attached hydrogens (tertiary/aromatic N) is 1. The van der Waals surface area contributed by atoms with Crippen molar-refractivity contribution in [3.63, 3.8) is 0 Å². The molecule has 0 unspecified atom stereocenters. The van der Waals surface area contributed by atoms with Crippen molar-refractivity contribution in [2.24, 2.45) is 0 Å². The molecule has 2 aromatic carbocycles. The van der Waals surface area contributed by atoms with Crippen molar-refractivity contribution in [1.29, 1.82) is 0 Å². The number of halogens is 1. The highest BCUT2D eigenvalue weighted by molar-refractivity contribution is 7.92. The van der Waals surface area contributed by atoms with Gasteiger partial charge in [-0.05, 0) is 55.5 Å². The average Bonchev–Trinajstić information content (AvgIpc) is 2.62. The third kappa shape index (κ3) is 4.45. The van der Waals surface area contributed by atoms with Gasteiger partial charge in [0.1, 0.15) is 0 Å². The zero-order chi connectivity index (χ0) is 17.9. The van der Waals surface area contributed by atoms with E-state index in [2.05, 4.69) is 16.5 Å². The third-order valence-corrected chi connectivity index (χ3v) is 6.23. The Hall–Kier alpha value is -1.76. The van der Waals surface area contributed by atoms with E-state index in [0.717, 1.165) is 31.9 Å². The first-order chi connectivity index (χ1) is 12.0. The molecule has 5 nitrogen and oxygen atoms in total. The fourth-order valence-electron chi connectivity index (χ4n) is 3.00. The lowest BCUT2D eigenvalue weighted by Crippen LogP contribution is -3.14. The smallest absolute Gasteiger partial charge is 0.261 e. The van der Waals surface area contributed by atoms with Crippen molar-refractivity contribution in [3.05, 3.63) is 53.6 Å². The van der Waals surface area contributed by atoms with E-state index in [9.17, 15) is 8.42 Å². The molecule has 1 aliphatic rings. The van der Waals surface area contributed by atoms with E-state index in [1.165, 1.54) is 18.7 Å². The Bertz CT molecular complexity index is 799. The van der Waals surface area contributed by atoms with Gasteiger partial charge in [-0.15, -0.1) is 0 Å². The molecule has 0 bridgehead atoms. The van der Waals surface area contributed by atoms with Crippen LogP contribution in [0.1, 0.15) is 6.92 Å². The molecule has 0 atom stereocenters. The summed E-state index contributed by atoms with van der Waals surface area (Å²) in [5.74, 6) is 0. The maximum Gasteiger partial charge on any atom is 0.261 e. The molecule has 2 aromatic rings. The summed E-state index contributed by atoms with van der Waals surface area (Å²) >= 11 is 5.81. The standard InChI is InChI=1S/C18H22ClN3O2S/c1-2-21-11-13-22(14-12-21)17-7-5-16(6-8-17)20-25(23,24)18-9-3-15(19)4-10-18/h3-10,20H,2,11-14H2,1H3/p+1. The number of quaternary nitrogens is 1. The normalized spacial score (nSPS) is 16.0. The molecule has 0 spiro atoms. The van der Waals surface area contributed by atoms with Crippen LogP contribution >= 0.6 is 11.6 Å². The molecule has 1 heterocycles. The molecule has 2 N–H and O–H groups in total. The number of benzene rings is 2. The molecule has 0 saturated carbocycles. The maximum absolute atomic E-state index is 12.4. The van der Waals surface area contributed by atoms with Gasteiger partial charge in [0.2, 0.25) is 0 Å². The summed E-state index contributed by atoms with van der Waals surface area (Å²) in [4.78, 5) is 4.17. The van der Waals surface area contributed by atoms with E-state index in [1.807, 2.05) is 24.3 Å². The Kier molecular flexibility index (Phi) is 5.51. The van der Waals surface area contributed by atoms with Gasteiger partial charge in [0.25, 0.3) is 10.0 Å². The summed E-state index contributed by atoms with van der Waals surface area (Å²) < 4.78 is 27.4. The molecule has 0 aromatic heterocycles. The van der Waals surface area contributed by atoms with Crippen molar-refractivity contribution >= 4 is 33.0 Å². The number of nitrogens with one attached hydrogen (secondary N) is 2. The van der Waals surface area contributed by atoms with Crippen molar-refractivity contribution in [1.82, 2.24) is 0 Å². The van der Waals surface area contributed by atoms with Crippen LogP contribution in [-0.4, -0.2) is 41.1 Å². The molecular weight excluding hydrogens is 358 g/mol. The van der Waals surface area contributed by atoms with Crippen LogP contribution in [0.25, 0.3) is 0 Å². The summed E-state index contributed by atoms with van der Waals surface area (Å²) in [6.45, 7) is 7.72. The van der Waals surface area contributed by atoms with E-state index in [4.69, 9.17) is 11.6 Å². The molecule has 0 radical (unpaired) electrons. The summed E-state index contributed by atoms with van der Waals surface area (Å²) in [6, 6.07) is 13.7. The van der Waals surface area contributed by atoms with Crippen LogP contribution in [0.4, 0.5) is 11.4 Å². The quantitative estimate of drug-likeness (QED) is 0.832. The summed E-state index contributed by atoms with van der Waals surface area (Å²) in [5.41, 5.74) is 1.68. The lowest BCUT2D eigenvalue weighted by atomic mass is 10.2. The van der Waals surface area contributed by atoms with Crippen LogP contribution in [0.15, 0.2) is 53.4 Å². The van der Waals surface area contributed by atoms with Gasteiger partial charge < -0.3 is 9.80 Å². The van der Waals surface area contributed by atoms with E-state index < -0.39 is 10.0 Å². The second-order valence-electron chi connectivity index (χ2n) is 6.20. The Balaban J connectivity index is 1.67. The Morgan fingerprint density at radius 1 is 1.04 bits per heavy atom. The molecule has 25 heavy (non-hydrogen) atoms. The Labute approximate surface area is 154 Å². The van der Waals surface area contributed by atoms with Crippen LogP contribution in [0.5, 0.6) is 0 Å². The predicted molar refractivity (Wildman–Crippen MR) is 102 cm³/mol. The molecule has 0 amide bonds. The van der Waals surface area contributed by atoms with Crippen LogP contribution in [0.2, 0.25) is 5.02 Å². The third-order valence-electron chi connectivity index (χ3n) is 4.58. The van der Waals surface area contributed by atoms with Gasteiger partial charge in [-0.25, -0.2) is 8.42 Å². The van der Waals surface area contributed by atoms with E-state index in [0.29, 0.717) is 10.7 Å². The van der Waals surface area contributed by atoms with Gasteiger partial charge in [0.15, 0.2) is 0 Å². The van der Waals surface area contributed by atoms with Gasteiger partial charge >= 0.3 is 0 Å². The van der Waals surface area contributed by atoms with Crippen LogP contribution in [0.3, 0.4) is 0 Å². The lowest BCUT2D eigenvalue weighted by molar-refractivity contribution is -0.898. The van der Waals surface area contributed by atoms with Gasteiger partial charge in [0.05, 0.1) is 37.6 Å². The number of sulfonamides is 1. The number of piperazine rings is 1. The second-order valence-corrected chi connectivity index (χ2v) is 8.32. The highest BCUT2D eigenvalue weighted by atomic mass is 35.5. The second kappa shape index (κ2) is 7.64. The summed E-state index contributed by atoms with van der Waals surface area (Å²) in [5, 5.41) is 0.508. The van der Waals surface area contributed by atoms with E-state index >= 15 is 0 Å². The number of rotatable bonds is 5. The van der Waals surface area contributed by atoms with Crippen LogP contribution in [0, 0.1) is 0 Å². The summed E-state index contributed by atoms with van der Waals surface area (Å²) in [6.07, 6.45) is 0. The molecule has 134 valence electrons. The maximum atomic E-state index is 12.4. The minimum absolute atomic E-state index is 0.194. The van der Waals surface area contributed by atoms with Crippen LogP contribution in [-0.2, 0) is 10.0 Å².